The van der Waals surface area contributed by atoms with Crippen molar-refractivity contribution in [2.24, 2.45) is 0 Å². The van der Waals surface area contributed by atoms with E-state index < -0.39 is 0 Å². The molecule has 1 aromatic heterocycles. The van der Waals surface area contributed by atoms with Crippen LogP contribution in [0.15, 0.2) is 21.8 Å². The van der Waals surface area contributed by atoms with Gasteiger partial charge in [-0.25, -0.2) is 4.98 Å². The minimum atomic E-state index is 0.597. The van der Waals surface area contributed by atoms with Gasteiger partial charge in [0.15, 0.2) is 11.5 Å². The van der Waals surface area contributed by atoms with Gasteiger partial charge in [-0.2, -0.15) is 0 Å². The van der Waals surface area contributed by atoms with Gasteiger partial charge in [0.05, 0.1) is 18.7 Å². The number of aromatic nitrogens is 3. The molecule has 1 fully saturated rings. The van der Waals surface area contributed by atoms with Crippen molar-refractivity contribution in [2.75, 3.05) is 14.2 Å². The summed E-state index contributed by atoms with van der Waals surface area (Å²) in [6.45, 7) is 0. The van der Waals surface area contributed by atoms with Gasteiger partial charge in [0.1, 0.15) is 5.82 Å². The Morgan fingerprint density at radius 2 is 2.14 bits per heavy atom. The van der Waals surface area contributed by atoms with Gasteiger partial charge in [0.25, 0.3) is 0 Å². The molecule has 7 heteroatoms. The first-order valence-corrected chi connectivity index (χ1v) is 8.45. The Hall–Kier alpha value is -1.21. The summed E-state index contributed by atoms with van der Waals surface area (Å²) in [4.78, 5) is 4.52. The lowest BCUT2D eigenvalue weighted by molar-refractivity contribution is 0.353. The topological polar surface area (TPSA) is 60.0 Å². The summed E-state index contributed by atoms with van der Waals surface area (Å²) in [6.07, 6.45) is 2.45. The van der Waals surface area contributed by atoms with E-state index in [0.29, 0.717) is 17.4 Å². The number of nitrogens with zero attached hydrogens (tertiary/aromatic N) is 2. The van der Waals surface area contributed by atoms with E-state index in [4.69, 9.17) is 9.47 Å². The summed E-state index contributed by atoms with van der Waals surface area (Å²) in [5, 5.41) is 8.07. The predicted octanol–water partition coefficient (Wildman–Crippen LogP) is 3.75. The molecule has 1 heterocycles. The minimum Gasteiger partial charge on any atom is -0.493 e. The molecule has 1 saturated carbocycles. The first-order valence-electron chi connectivity index (χ1n) is 6.67. The first kappa shape index (κ1) is 14.7. The number of hydrogen-bond acceptors (Lipinski definition) is 5. The largest absolute Gasteiger partial charge is 0.493 e. The number of methoxy groups -OCH3 is 2. The number of H-pyrrole nitrogens is 1. The summed E-state index contributed by atoms with van der Waals surface area (Å²) in [5.74, 6) is 3.81. The second kappa shape index (κ2) is 6.27. The van der Waals surface area contributed by atoms with E-state index in [1.165, 1.54) is 12.8 Å². The fraction of sp³-hybridized carbons (Fsp3) is 0.429. The van der Waals surface area contributed by atoms with Crippen LogP contribution in [0.4, 0.5) is 0 Å². The molecular formula is C14H16BrN3O2S. The van der Waals surface area contributed by atoms with E-state index in [0.717, 1.165) is 26.8 Å². The Bertz CT molecular complexity index is 643. The van der Waals surface area contributed by atoms with Crippen molar-refractivity contribution in [2.45, 2.75) is 29.7 Å². The number of ether oxygens (including phenoxy) is 2. The SMILES string of the molecule is COc1ccc(CSc2n[nH]c(C3CC3)n2)c(Br)c1OC. The molecule has 21 heavy (non-hydrogen) atoms. The Labute approximate surface area is 136 Å². The fourth-order valence-corrected chi connectivity index (χ4v) is 3.66. The van der Waals surface area contributed by atoms with Crippen LogP contribution < -0.4 is 9.47 Å². The second-order valence-corrected chi connectivity index (χ2v) is 6.58. The standard InChI is InChI=1S/C14H16BrN3O2S/c1-19-10-6-5-9(11(15)12(10)20-2)7-21-14-16-13(17-18-14)8-3-4-8/h5-6,8H,3-4,7H2,1-2H3,(H,16,17,18). The normalized spacial score (nSPS) is 14.2. The zero-order chi connectivity index (χ0) is 14.8. The lowest BCUT2D eigenvalue weighted by Crippen LogP contribution is -1.94. The lowest BCUT2D eigenvalue weighted by atomic mass is 10.2. The van der Waals surface area contributed by atoms with E-state index in [2.05, 4.69) is 31.1 Å². The maximum Gasteiger partial charge on any atom is 0.208 e. The van der Waals surface area contributed by atoms with Gasteiger partial charge in [-0.15, -0.1) is 5.10 Å². The molecule has 1 aliphatic rings. The van der Waals surface area contributed by atoms with Crippen molar-refractivity contribution >= 4 is 27.7 Å². The lowest BCUT2D eigenvalue weighted by Gasteiger charge is -2.12. The van der Waals surface area contributed by atoms with E-state index in [1.807, 2.05) is 12.1 Å². The molecule has 0 spiro atoms. The van der Waals surface area contributed by atoms with Gasteiger partial charge in [0, 0.05) is 11.7 Å². The molecule has 0 atom stereocenters. The van der Waals surface area contributed by atoms with Crippen LogP contribution in [0.5, 0.6) is 11.5 Å². The van der Waals surface area contributed by atoms with E-state index >= 15 is 0 Å². The van der Waals surface area contributed by atoms with Crippen LogP contribution in [-0.2, 0) is 5.75 Å². The quantitative estimate of drug-likeness (QED) is 0.785. The third kappa shape index (κ3) is 3.18. The molecule has 1 aromatic carbocycles. The van der Waals surface area contributed by atoms with Crippen LogP contribution in [0.3, 0.4) is 0 Å². The average Bonchev–Trinajstić information content (AvgIpc) is 3.25. The van der Waals surface area contributed by atoms with Crippen molar-refractivity contribution in [1.29, 1.82) is 0 Å². The van der Waals surface area contributed by atoms with Gasteiger partial charge >= 0.3 is 0 Å². The molecule has 0 unspecified atom stereocenters. The molecule has 0 amide bonds. The first-order chi connectivity index (χ1) is 10.2. The predicted molar refractivity (Wildman–Crippen MR) is 85.2 cm³/mol. The minimum absolute atomic E-state index is 0.597. The smallest absolute Gasteiger partial charge is 0.208 e. The molecule has 1 aliphatic carbocycles. The Balaban J connectivity index is 1.71. The summed E-state index contributed by atoms with van der Waals surface area (Å²) < 4.78 is 11.6. The van der Waals surface area contributed by atoms with Crippen LogP contribution >= 0.6 is 27.7 Å². The zero-order valence-corrected chi connectivity index (χ0v) is 14.3. The highest BCUT2D eigenvalue weighted by Gasteiger charge is 2.27. The maximum absolute atomic E-state index is 5.38. The highest BCUT2D eigenvalue weighted by atomic mass is 79.9. The fourth-order valence-electron chi connectivity index (χ4n) is 2.05. The van der Waals surface area contributed by atoms with Crippen molar-refractivity contribution < 1.29 is 9.47 Å². The van der Waals surface area contributed by atoms with Gasteiger partial charge in [0.2, 0.25) is 5.16 Å². The molecular weight excluding hydrogens is 354 g/mol. The highest BCUT2D eigenvalue weighted by molar-refractivity contribution is 9.10. The zero-order valence-electron chi connectivity index (χ0n) is 11.9. The molecule has 2 aromatic rings. The second-order valence-electron chi connectivity index (χ2n) is 4.84. The maximum atomic E-state index is 5.38. The van der Waals surface area contributed by atoms with Crippen molar-refractivity contribution in [1.82, 2.24) is 15.2 Å². The summed E-state index contributed by atoms with van der Waals surface area (Å²) in [6, 6.07) is 3.93. The number of hydrogen-bond donors (Lipinski definition) is 1. The number of benzene rings is 1. The summed E-state index contributed by atoms with van der Waals surface area (Å²) in [5.41, 5.74) is 1.12. The van der Waals surface area contributed by atoms with Crippen LogP contribution in [-0.4, -0.2) is 29.4 Å². The molecule has 0 saturated heterocycles. The van der Waals surface area contributed by atoms with E-state index in [-0.39, 0.29) is 0 Å². The van der Waals surface area contributed by atoms with Crippen LogP contribution in [0, 0.1) is 0 Å². The number of aromatic amines is 1. The van der Waals surface area contributed by atoms with E-state index in [9.17, 15) is 0 Å². The molecule has 1 N–H and O–H groups in total. The van der Waals surface area contributed by atoms with Crippen LogP contribution in [0.25, 0.3) is 0 Å². The molecule has 0 bridgehead atoms. The highest BCUT2D eigenvalue weighted by Crippen LogP contribution is 2.40. The van der Waals surface area contributed by atoms with Crippen molar-refractivity contribution in [3.05, 3.63) is 28.0 Å². The Morgan fingerprint density at radius 3 is 2.81 bits per heavy atom. The van der Waals surface area contributed by atoms with Crippen molar-refractivity contribution in [3.63, 3.8) is 0 Å². The molecule has 0 radical (unpaired) electrons. The average molecular weight is 370 g/mol. The van der Waals surface area contributed by atoms with Crippen LogP contribution in [0.2, 0.25) is 0 Å². The van der Waals surface area contributed by atoms with Gasteiger partial charge in [-0.3, -0.25) is 5.10 Å². The monoisotopic (exact) mass is 369 g/mol. The molecule has 112 valence electrons. The summed E-state index contributed by atoms with van der Waals surface area (Å²) in [7, 11) is 3.27. The molecule has 0 aliphatic heterocycles. The van der Waals surface area contributed by atoms with Gasteiger partial charge in [-0.1, -0.05) is 17.8 Å². The number of nitrogens with one attached hydrogen (secondary N) is 1. The van der Waals surface area contributed by atoms with Crippen LogP contribution in [0.1, 0.15) is 30.1 Å². The molecule has 5 nitrogen and oxygen atoms in total. The number of thioether (sulfide) groups is 1. The number of halogens is 1. The Morgan fingerprint density at radius 1 is 1.33 bits per heavy atom. The van der Waals surface area contributed by atoms with Gasteiger partial charge < -0.3 is 9.47 Å². The third-order valence-electron chi connectivity index (χ3n) is 3.37. The summed E-state index contributed by atoms with van der Waals surface area (Å²) >= 11 is 5.18. The van der Waals surface area contributed by atoms with E-state index in [1.54, 1.807) is 26.0 Å². The van der Waals surface area contributed by atoms with Crippen molar-refractivity contribution in [3.8, 4) is 11.5 Å². The third-order valence-corrected chi connectivity index (χ3v) is 5.13. The molecule has 3 rings (SSSR count). The van der Waals surface area contributed by atoms with Gasteiger partial charge in [-0.05, 0) is 40.4 Å². The Kier molecular flexibility index (Phi) is 4.40. The number of rotatable bonds is 6.